The molecule has 180 valence electrons. The summed E-state index contributed by atoms with van der Waals surface area (Å²) in [6.45, 7) is 1.47. The number of nitro groups is 1. The van der Waals surface area contributed by atoms with Crippen LogP contribution in [0, 0.1) is 10.1 Å². The molecule has 1 heterocycles. The van der Waals surface area contributed by atoms with Crippen molar-refractivity contribution in [2.24, 2.45) is 0 Å². The molecule has 0 unspecified atom stereocenters. The summed E-state index contributed by atoms with van der Waals surface area (Å²) in [4.78, 5) is 37.2. The SMILES string of the molecule is O=C(Nc1ccc(C(=O)N2CCCC2)cc1)c1ccccc1NS(=O)(=O)c1cccc([N+](=O)[O-])c1. The average Bonchev–Trinajstić information content (AvgIpc) is 3.39. The first-order chi connectivity index (χ1) is 16.7. The van der Waals surface area contributed by atoms with Crippen molar-refractivity contribution < 1.29 is 22.9 Å². The van der Waals surface area contributed by atoms with Crippen molar-refractivity contribution in [2.75, 3.05) is 23.1 Å². The number of nitro benzene ring substituents is 1. The van der Waals surface area contributed by atoms with Crippen LogP contribution in [0.2, 0.25) is 0 Å². The van der Waals surface area contributed by atoms with Gasteiger partial charge in [-0.3, -0.25) is 24.4 Å². The van der Waals surface area contributed by atoms with Gasteiger partial charge in [0.1, 0.15) is 0 Å². The molecule has 3 aromatic rings. The number of hydrogen-bond acceptors (Lipinski definition) is 6. The summed E-state index contributed by atoms with van der Waals surface area (Å²) >= 11 is 0. The van der Waals surface area contributed by atoms with E-state index in [-0.39, 0.29) is 27.7 Å². The zero-order chi connectivity index (χ0) is 25.0. The van der Waals surface area contributed by atoms with Gasteiger partial charge in [-0.15, -0.1) is 0 Å². The van der Waals surface area contributed by atoms with Crippen LogP contribution in [0.4, 0.5) is 17.1 Å². The molecule has 2 N–H and O–H groups in total. The minimum absolute atomic E-state index is 0.0114. The zero-order valence-electron chi connectivity index (χ0n) is 18.5. The first kappa shape index (κ1) is 23.9. The van der Waals surface area contributed by atoms with E-state index in [2.05, 4.69) is 10.0 Å². The lowest BCUT2D eigenvalue weighted by Crippen LogP contribution is -2.27. The monoisotopic (exact) mass is 494 g/mol. The summed E-state index contributed by atoms with van der Waals surface area (Å²) in [5.74, 6) is -0.623. The van der Waals surface area contributed by atoms with Crippen molar-refractivity contribution >= 4 is 38.9 Å². The number of carbonyl (C=O) groups is 2. The Balaban J connectivity index is 1.50. The Morgan fingerprint density at radius 1 is 0.914 bits per heavy atom. The van der Waals surface area contributed by atoms with Gasteiger partial charge < -0.3 is 10.2 Å². The second kappa shape index (κ2) is 9.94. The van der Waals surface area contributed by atoms with Gasteiger partial charge in [-0.1, -0.05) is 18.2 Å². The van der Waals surface area contributed by atoms with E-state index in [1.807, 2.05) is 0 Å². The number of non-ortho nitro benzene ring substituents is 1. The normalized spacial score (nSPS) is 13.3. The summed E-state index contributed by atoms with van der Waals surface area (Å²) < 4.78 is 28.0. The maximum Gasteiger partial charge on any atom is 0.270 e. The van der Waals surface area contributed by atoms with Gasteiger partial charge in [0.05, 0.1) is 21.1 Å². The van der Waals surface area contributed by atoms with Crippen molar-refractivity contribution in [1.82, 2.24) is 4.90 Å². The van der Waals surface area contributed by atoms with Crippen LogP contribution in [0.5, 0.6) is 0 Å². The predicted octanol–water partition coefficient (Wildman–Crippen LogP) is 3.88. The lowest BCUT2D eigenvalue weighted by Gasteiger charge is -2.15. The molecule has 4 rings (SSSR count). The number of carbonyl (C=O) groups excluding carboxylic acids is 2. The van der Waals surface area contributed by atoms with Gasteiger partial charge in [0, 0.05) is 36.5 Å². The fourth-order valence-electron chi connectivity index (χ4n) is 3.74. The number of para-hydroxylation sites is 1. The third-order valence-electron chi connectivity index (χ3n) is 5.54. The standard InChI is InChI=1S/C24H22N4O6S/c29-23(25-18-12-10-17(11-13-18)24(30)27-14-3-4-15-27)21-8-1-2-9-22(21)26-35(33,34)20-7-5-6-19(16-20)28(31)32/h1-2,5-13,16,26H,3-4,14-15H2,(H,25,29). The molecular formula is C24H22N4O6S. The summed E-state index contributed by atoms with van der Waals surface area (Å²) in [7, 11) is -4.20. The molecule has 1 aliphatic heterocycles. The highest BCUT2D eigenvalue weighted by Crippen LogP contribution is 2.24. The second-order valence-electron chi connectivity index (χ2n) is 7.94. The summed E-state index contributed by atoms with van der Waals surface area (Å²) in [6.07, 6.45) is 1.98. The molecule has 1 saturated heterocycles. The lowest BCUT2D eigenvalue weighted by atomic mass is 10.1. The Bertz CT molecular complexity index is 1380. The molecule has 1 fully saturated rings. The molecule has 0 aliphatic carbocycles. The number of hydrogen-bond donors (Lipinski definition) is 2. The third kappa shape index (κ3) is 5.46. The van der Waals surface area contributed by atoms with E-state index < -0.39 is 20.9 Å². The molecule has 2 amide bonds. The largest absolute Gasteiger partial charge is 0.339 e. The Morgan fingerprint density at radius 2 is 1.60 bits per heavy atom. The quantitative estimate of drug-likeness (QED) is 0.377. The molecule has 10 nitrogen and oxygen atoms in total. The van der Waals surface area contributed by atoms with Crippen LogP contribution < -0.4 is 10.0 Å². The van der Waals surface area contributed by atoms with Crippen molar-refractivity contribution in [2.45, 2.75) is 17.7 Å². The van der Waals surface area contributed by atoms with Crippen LogP contribution in [0.25, 0.3) is 0 Å². The first-order valence-electron chi connectivity index (χ1n) is 10.8. The number of amides is 2. The number of nitrogens with one attached hydrogen (secondary N) is 2. The van der Waals surface area contributed by atoms with Gasteiger partial charge in [-0.25, -0.2) is 8.42 Å². The van der Waals surface area contributed by atoms with Gasteiger partial charge >= 0.3 is 0 Å². The molecule has 0 aromatic heterocycles. The van der Waals surface area contributed by atoms with E-state index in [0.29, 0.717) is 11.3 Å². The first-order valence-corrected chi connectivity index (χ1v) is 12.3. The van der Waals surface area contributed by atoms with Crippen LogP contribution >= 0.6 is 0 Å². The molecule has 1 aliphatic rings. The van der Waals surface area contributed by atoms with Crippen LogP contribution in [0.1, 0.15) is 33.6 Å². The Morgan fingerprint density at radius 3 is 2.29 bits per heavy atom. The van der Waals surface area contributed by atoms with E-state index in [0.717, 1.165) is 32.0 Å². The van der Waals surface area contributed by atoms with Gasteiger partial charge in [-0.05, 0) is 55.3 Å². The third-order valence-corrected chi connectivity index (χ3v) is 6.90. The van der Waals surface area contributed by atoms with Crippen LogP contribution in [-0.4, -0.2) is 43.1 Å². The van der Waals surface area contributed by atoms with E-state index in [9.17, 15) is 28.1 Å². The molecular weight excluding hydrogens is 472 g/mol. The van der Waals surface area contributed by atoms with Crippen LogP contribution in [-0.2, 0) is 10.0 Å². The number of anilines is 2. The number of likely N-dealkylation sites (tertiary alicyclic amines) is 1. The van der Waals surface area contributed by atoms with E-state index >= 15 is 0 Å². The fraction of sp³-hybridized carbons (Fsp3) is 0.167. The number of nitrogens with zero attached hydrogens (tertiary/aromatic N) is 2. The van der Waals surface area contributed by atoms with Gasteiger partial charge in [-0.2, -0.15) is 0 Å². The smallest absolute Gasteiger partial charge is 0.270 e. The van der Waals surface area contributed by atoms with E-state index in [1.54, 1.807) is 41.3 Å². The average molecular weight is 495 g/mol. The van der Waals surface area contributed by atoms with E-state index in [4.69, 9.17) is 0 Å². The van der Waals surface area contributed by atoms with E-state index in [1.165, 1.54) is 30.3 Å². The highest BCUT2D eigenvalue weighted by Gasteiger charge is 2.22. The Kier molecular flexibility index (Phi) is 6.78. The molecule has 11 heteroatoms. The van der Waals surface area contributed by atoms with Crippen LogP contribution in [0.3, 0.4) is 0 Å². The molecule has 0 radical (unpaired) electrons. The van der Waals surface area contributed by atoms with Crippen molar-refractivity contribution in [3.05, 3.63) is 94.0 Å². The molecule has 0 atom stereocenters. The fourth-order valence-corrected chi connectivity index (χ4v) is 4.85. The van der Waals surface area contributed by atoms with Crippen molar-refractivity contribution in [3.8, 4) is 0 Å². The van der Waals surface area contributed by atoms with Gasteiger partial charge in [0.25, 0.3) is 27.5 Å². The minimum atomic E-state index is -4.20. The number of sulfonamides is 1. The maximum absolute atomic E-state index is 12.9. The predicted molar refractivity (Wildman–Crippen MR) is 130 cm³/mol. The van der Waals surface area contributed by atoms with Crippen molar-refractivity contribution in [3.63, 3.8) is 0 Å². The molecule has 0 bridgehead atoms. The van der Waals surface area contributed by atoms with Gasteiger partial charge in [0.15, 0.2) is 0 Å². The van der Waals surface area contributed by atoms with Crippen LogP contribution in [0.15, 0.2) is 77.7 Å². The summed E-state index contributed by atoms with van der Waals surface area (Å²) in [5, 5.41) is 13.7. The molecule has 0 saturated carbocycles. The van der Waals surface area contributed by atoms with Gasteiger partial charge in [0.2, 0.25) is 0 Å². The highest BCUT2D eigenvalue weighted by molar-refractivity contribution is 7.92. The number of rotatable bonds is 7. The highest BCUT2D eigenvalue weighted by atomic mass is 32.2. The zero-order valence-corrected chi connectivity index (χ0v) is 19.3. The van der Waals surface area contributed by atoms with Crippen molar-refractivity contribution in [1.29, 1.82) is 0 Å². The number of benzene rings is 3. The molecule has 35 heavy (non-hydrogen) atoms. The Labute approximate surface area is 201 Å². The summed E-state index contributed by atoms with van der Waals surface area (Å²) in [6, 6.07) is 17.1. The summed E-state index contributed by atoms with van der Waals surface area (Å²) in [5.41, 5.74) is 0.654. The lowest BCUT2D eigenvalue weighted by molar-refractivity contribution is -0.385. The molecule has 0 spiro atoms. The Hall–Kier alpha value is -4.25. The second-order valence-corrected chi connectivity index (χ2v) is 9.62. The topological polar surface area (TPSA) is 139 Å². The minimum Gasteiger partial charge on any atom is -0.339 e. The maximum atomic E-state index is 12.9. The molecule has 3 aromatic carbocycles.